The zero-order valence-electron chi connectivity index (χ0n) is 11.4. The minimum absolute atomic E-state index is 0.189. The van der Waals surface area contributed by atoms with Crippen molar-refractivity contribution in [2.45, 2.75) is 13.2 Å². The van der Waals surface area contributed by atoms with E-state index >= 15 is 0 Å². The molecular weight excluding hydrogens is 273 g/mol. The summed E-state index contributed by atoms with van der Waals surface area (Å²) in [6.07, 6.45) is 0. The summed E-state index contributed by atoms with van der Waals surface area (Å²) in [5, 5.41) is 11.8. The highest BCUT2D eigenvalue weighted by molar-refractivity contribution is 5.77. The van der Waals surface area contributed by atoms with E-state index in [0.717, 1.165) is 5.56 Å². The van der Waals surface area contributed by atoms with Crippen molar-refractivity contribution < 1.29 is 19.0 Å². The van der Waals surface area contributed by atoms with Gasteiger partial charge in [-0.1, -0.05) is 30.3 Å². The number of aliphatic hydroxyl groups is 1. The van der Waals surface area contributed by atoms with Gasteiger partial charge in [0.1, 0.15) is 11.6 Å². The van der Waals surface area contributed by atoms with Crippen molar-refractivity contribution in [3.8, 4) is 5.75 Å². The van der Waals surface area contributed by atoms with Crippen LogP contribution in [0.4, 0.5) is 4.39 Å². The lowest BCUT2D eigenvalue weighted by molar-refractivity contribution is -0.123. The third-order valence-electron chi connectivity index (χ3n) is 2.88. The molecule has 2 aromatic carbocycles. The van der Waals surface area contributed by atoms with E-state index in [1.54, 1.807) is 0 Å². The number of rotatable bonds is 6. The molecule has 0 atom stereocenters. The van der Waals surface area contributed by atoms with Gasteiger partial charge in [-0.05, 0) is 23.8 Å². The summed E-state index contributed by atoms with van der Waals surface area (Å²) >= 11 is 0. The average molecular weight is 289 g/mol. The summed E-state index contributed by atoms with van der Waals surface area (Å²) in [5.74, 6) is -0.444. The summed E-state index contributed by atoms with van der Waals surface area (Å²) in [4.78, 5) is 11.7. The Morgan fingerprint density at radius 3 is 2.67 bits per heavy atom. The summed E-state index contributed by atoms with van der Waals surface area (Å²) < 4.78 is 18.3. The predicted octanol–water partition coefficient (Wildman–Crippen LogP) is 2.01. The fraction of sp³-hybridized carbons (Fsp3) is 0.188. The second kappa shape index (κ2) is 7.40. The molecule has 1 amide bonds. The number of benzene rings is 2. The van der Waals surface area contributed by atoms with Crippen molar-refractivity contribution in [2.24, 2.45) is 0 Å². The molecule has 2 N–H and O–H groups in total. The first-order valence-corrected chi connectivity index (χ1v) is 6.52. The smallest absolute Gasteiger partial charge is 0.258 e. The Bertz CT molecular complexity index is 602. The van der Waals surface area contributed by atoms with E-state index in [1.807, 2.05) is 30.3 Å². The summed E-state index contributed by atoms with van der Waals surface area (Å²) in [7, 11) is 0. The third-order valence-corrected chi connectivity index (χ3v) is 2.88. The van der Waals surface area contributed by atoms with Gasteiger partial charge in [0.2, 0.25) is 0 Å². The highest BCUT2D eigenvalue weighted by Gasteiger charge is 2.07. The molecule has 0 heterocycles. The van der Waals surface area contributed by atoms with Gasteiger partial charge >= 0.3 is 0 Å². The molecule has 0 saturated heterocycles. The normalized spacial score (nSPS) is 10.2. The monoisotopic (exact) mass is 289 g/mol. The lowest BCUT2D eigenvalue weighted by Gasteiger charge is -2.10. The van der Waals surface area contributed by atoms with Crippen LogP contribution in [-0.2, 0) is 17.9 Å². The van der Waals surface area contributed by atoms with E-state index < -0.39 is 5.82 Å². The number of carbonyl (C=O) groups is 1. The van der Waals surface area contributed by atoms with Gasteiger partial charge in [-0.15, -0.1) is 0 Å². The van der Waals surface area contributed by atoms with E-state index in [2.05, 4.69) is 5.32 Å². The van der Waals surface area contributed by atoms with Crippen molar-refractivity contribution in [1.29, 1.82) is 0 Å². The number of carbonyl (C=O) groups excluding carboxylic acids is 1. The van der Waals surface area contributed by atoms with E-state index in [-0.39, 0.29) is 19.1 Å². The third kappa shape index (κ3) is 4.57. The molecule has 110 valence electrons. The van der Waals surface area contributed by atoms with Crippen LogP contribution in [0.3, 0.4) is 0 Å². The van der Waals surface area contributed by atoms with Crippen molar-refractivity contribution >= 4 is 5.91 Å². The number of halogens is 1. The van der Waals surface area contributed by atoms with Crippen LogP contribution in [0.1, 0.15) is 11.1 Å². The Balaban J connectivity index is 1.84. The number of amides is 1. The van der Waals surface area contributed by atoms with Crippen LogP contribution in [-0.4, -0.2) is 17.6 Å². The van der Waals surface area contributed by atoms with Crippen LogP contribution in [0.15, 0.2) is 48.5 Å². The van der Waals surface area contributed by atoms with Gasteiger partial charge < -0.3 is 15.2 Å². The van der Waals surface area contributed by atoms with E-state index in [0.29, 0.717) is 17.9 Å². The van der Waals surface area contributed by atoms with Gasteiger partial charge in [-0.2, -0.15) is 0 Å². The van der Waals surface area contributed by atoms with Crippen LogP contribution in [0, 0.1) is 5.82 Å². The molecule has 0 radical (unpaired) electrons. The molecule has 0 bridgehead atoms. The van der Waals surface area contributed by atoms with E-state index in [1.165, 1.54) is 18.2 Å². The van der Waals surface area contributed by atoms with Crippen molar-refractivity contribution in [2.75, 3.05) is 6.61 Å². The van der Waals surface area contributed by atoms with Crippen LogP contribution < -0.4 is 10.1 Å². The zero-order valence-corrected chi connectivity index (χ0v) is 11.4. The highest BCUT2D eigenvalue weighted by atomic mass is 19.1. The molecule has 0 aliphatic carbocycles. The molecule has 4 nitrogen and oxygen atoms in total. The molecule has 0 fully saturated rings. The van der Waals surface area contributed by atoms with Crippen molar-refractivity contribution in [3.05, 3.63) is 65.5 Å². The maximum atomic E-state index is 13.0. The van der Waals surface area contributed by atoms with Gasteiger partial charge in [-0.3, -0.25) is 4.79 Å². The molecule has 0 aliphatic rings. The maximum Gasteiger partial charge on any atom is 0.258 e. The quantitative estimate of drug-likeness (QED) is 0.855. The van der Waals surface area contributed by atoms with Crippen LogP contribution in [0.5, 0.6) is 5.75 Å². The minimum atomic E-state index is -0.458. The summed E-state index contributed by atoms with van der Waals surface area (Å²) in [6.45, 7) is -0.122. The Labute approximate surface area is 122 Å². The SMILES string of the molecule is O=C(COc1ccc(F)cc1CO)NCc1ccccc1. The molecule has 2 rings (SSSR count). The highest BCUT2D eigenvalue weighted by Crippen LogP contribution is 2.19. The van der Waals surface area contributed by atoms with Gasteiger partial charge in [0.25, 0.3) is 5.91 Å². The molecule has 5 heteroatoms. The van der Waals surface area contributed by atoms with Crippen LogP contribution >= 0.6 is 0 Å². The first kappa shape index (κ1) is 15.0. The predicted molar refractivity (Wildman–Crippen MR) is 76.1 cm³/mol. The molecular formula is C16H16FNO3. The number of aliphatic hydroxyl groups excluding tert-OH is 1. The van der Waals surface area contributed by atoms with Gasteiger partial charge in [0.05, 0.1) is 6.61 Å². The van der Waals surface area contributed by atoms with Crippen LogP contribution in [0.2, 0.25) is 0 Å². The average Bonchev–Trinajstić information content (AvgIpc) is 2.52. The number of ether oxygens (including phenoxy) is 1. The Kier molecular flexibility index (Phi) is 5.29. The second-order valence-corrected chi connectivity index (χ2v) is 4.46. The standard InChI is InChI=1S/C16H16FNO3/c17-14-6-7-15(13(8-14)10-19)21-11-16(20)18-9-12-4-2-1-3-5-12/h1-8,19H,9-11H2,(H,18,20). The largest absolute Gasteiger partial charge is 0.483 e. The summed E-state index contributed by atoms with van der Waals surface area (Å²) in [5.41, 5.74) is 1.30. The van der Waals surface area contributed by atoms with E-state index in [9.17, 15) is 9.18 Å². The minimum Gasteiger partial charge on any atom is -0.483 e. The Morgan fingerprint density at radius 2 is 1.95 bits per heavy atom. The molecule has 0 unspecified atom stereocenters. The molecule has 0 saturated carbocycles. The Morgan fingerprint density at radius 1 is 1.19 bits per heavy atom. The zero-order chi connectivity index (χ0) is 15.1. The van der Waals surface area contributed by atoms with Crippen LogP contribution in [0.25, 0.3) is 0 Å². The Hall–Kier alpha value is -2.40. The molecule has 21 heavy (non-hydrogen) atoms. The fourth-order valence-corrected chi connectivity index (χ4v) is 1.80. The fourth-order valence-electron chi connectivity index (χ4n) is 1.80. The maximum absolute atomic E-state index is 13.0. The van der Waals surface area contributed by atoms with Gasteiger partial charge in [0.15, 0.2) is 6.61 Å². The number of nitrogens with one attached hydrogen (secondary N) is 1. The first-order chi connectivity index (χ1) is 10.2. The number of hydrogen-bond acceptors (Lipinski definition) is 3. The molecule has 0 aliphatic heterocycles. The topological polar surface area (TPSA) is 58.6 Å². The first-order valence-electron chi connectivity index (χ1n) is 6.52. The van der Waals surface area contributed by atoms with Gasteiger partial charge in [0, 0.05) is 12.1 Å². The second-order valence-electron chi connectivity index (χ2n) is 4.46. The van der Waals surface area contributed by atoms with Crippen molar-refractivity contribution in [3.63, 3.8) is 0 Å². The lowest BCUT2D eigenvalue weighted by atomic mass is 10.2. The number of hydrogen-bond donors (Lipinski definition) is 2. The summed E-state index contributed by atoms with van der Waals surface area (Å²) in [6, 6.07) is 13.3. The molecule has 2 aromatic rings. The lowest BCUT2D eigenvalue weighted by Crippen LogP contribution is -2.28. The van der Waals surface area contributed by atoms with Crippen molar-refractivity contribution in [1.82, 2.24) is 5.32 Å². The molecule has 0 aromatic heterocycles. The van der Waals surface area contributed by atoms with Gasteiger partial charge in [-0.25, -0.2) is 4.39 Å². The van der Waals surface area contributed by atoms with E-state index in [4.69, 9.17) is 9.84 Å². The molecule has 0 spiro atoms.